The molecule has 3 aliphatic rings. The molecule has 0 N–H and O–H groups in total. The molecule has 0 radical (unpaired) electrons. The number of piperidine rings is 1. The van der Waals surface area contributed by atoms with Gasteiger partial charge in [0.15, 0.2) is 0 Å². The van der Waals surface area contributed by atoms with Gasteiger partial charge in [0.25, 0.3) is 0 Å². The zero-order valence-electron chi connectivity index (χ0n) is 13.1. The molecular formula is C16H26N2O3. The Morgan fingerprint density at radius 1 is 1.19 bits per heavy atom. The Morgan fingerprint density at radius 3 is 2.62 bits per heavy atom. The van der Waals surface area contributed by atoms with E-state index in [1.54, 1.807) is 0 Å². The lowest BCUT2D eigenvalue weighted by Gasteiger charge is -2.49. The van der Waals surface area contributed by atoms with Crippen LogP contribution in [0.3, 0.4) is 0 Å². The Balaban J connectivity index is 1.77. The number of ether oxygens (including phenoxy) is 1. The molecule has 0 aromatic carbocycles. The Labute approximate surface area is 126 Å². The first kappa shape index (κ1) is 14.8. The second-order valence-corrected chi connectivity index (χ2v) is 7.11. The molecule has 0 aromatic heterocycles. The van der Waals surface area contributed by atoms with E-state index in [1.165, 1.54) is 0 Å². The maximum Gasteiger partial charge on any atom is 0.246 e. The van der Waals surface area contributed by atoms with E-state index in [2.05, 4.69) is 6.92 Å². The second-order valence-electron chi connectivity index (χ2n) is 7.11. The van der Waals surface area contributed by atoms with E-state index in [1.807, 2.05) is 16.7 Å². The van der Waals surface area contributed by atoms with E-state index < -0.39 is 0 Å². The minimum absolute atomic E-state index is 0.0826. The molecule has 2 atom stereocenters. The van der Waals surface area contributed by atoms with Crippen LogP contribution < -0.4 is 0 Å². The van der Waals surface area contributed by atoms with Crippen molar-refractivity contribution in [2.75, 3.05) is 26.3 Å². The number of carbonyl (C=O) groups is 2. The zero-order chi connectivity index (χ0) is 15.0. The number of hydrogen-bond donors (Lipinski definition) is 0. The highest BCUT2D eigenvalue weighted by Crippen LogP contribution is 2.34. The third-order valence-corrected chi connectivity index (χ3v) is 5.43. The molecule has 0 aliphatic carbocycles. The number of piperazine rings is 1. The lowest BCUT2D eigenvalue weighted by Crippen LogP contribution is -2.66. The molecule has 0 aromatic rings. The third kappa shape index (κ3) is 2.68. The van der Waals surface area contributed by atoms with Crippen molar-refractivity contribution >= 4 is 11.8 Å². The van der Waals surface area contributed by atoms with Gasteiger partial charge in [0, 0.05) is 26.3 Å². The molecule has 5 heteroatoms. The minimum atomic E-state index is -0.313. The van der Waals surface area contributed by atoms with Crippen molar-refractivity contribution in [3.05, 3.63) is 0 Å². The van der Waals surface area contributed by atoms with Crippen LogP contribution in [0.2, 0.25) is 0 Å². The van der Waals surface area contributed by atoms with Crippen molar-refractivity contribution in [3.63, 3.8) is 0 Å². The van der Waals surface area contributed by atoms with Crippen molar-refractivity contribution in [3.8, 4) is 0 Å². The van der Waals surface area contributed by atoms with Crippen LogP contribution in [0.1, 0.15) is 46.0 Å². The van der Waals surface area contributed by atoms with E-state index in [0.717, 1.165) is 51.9 Å². The molecule has 5 nitrogen and oxygen atoms in total. The number of fused-ring (bicyclic) bond motifs is 1. The van der Waals surface area contributed by atoms with E-state index >= 15 is 0 Å². The van der Waals surface area contributed by atoms with Gasteiger partial charge in [0.2, 0.25) is 11.8 Å². The summed E-state index contributed by atoms with van der Waals surface area (Å²) in [5.74, 6) is 0.296. The number of hydrogen-bond acceptors (Lipinski definition) is 3. The molecule has 3 rings (SSSR count). The number of rotatable bonds is 2. The predicted octanol–water partition coefficient (Wildman–Crippen LogP) is 1.41. The van der Waals surface area contributed by atoms with Crippen LogP contribution in [0.4, 0.5) is 0 Å². The largest absolute Gasteiger partial charge is 0.381 e. The first-order chi connectivity index (χ1) is 10.0. The van der Waals surface area contributed by atoms with Crippen molar-refractivity contribution in [2.45, 2.75) is 58.0 Å². The molecule has 21 heavy (non-hydrogen) atoms. The predicted molar refractivity (Wildman–Crippen MR) is 78.7 cm³/mol. The molecule has 3 fully saturated rings. The number of nitrogens with zero attached hydrogens (tertiary/aromatic N) is 2. The quantitative estimate of drug-likeness (QED) is 0.774. The van der Waals surface area contributed by atoms with Gasteiger partial charge < -0.3 is 14.5 Å². The van der Waals surface area contributed by atoms with E-state index in [9.17, 15) is 9.59 Å². The SMILES string of the molecule is CC1C(=O)N2CCCCC2C(=O)N1CC1(C)CCOCC1. The van der Waals surface area contributed by atoms with Crippen molar-refractivity contribution in [1.29, 1.82) is 0 Å². The fourth-order valence-electron chi connectivity index (χ4n) is 3.86. The number of amides is 2. The molecule has 3 saturated heterocycles. The Morgan fingerprint density at radius 2 is 1.90 bits per heavy atom. The van der Waals surface area contributed by atoms with Crippen LogP contribution in [0.5, 0.6) is 0 Å². The lowest BCUT2D eigenvalue weighted by molar-refractivity contribution is -0.165. The monoisotopic (exact) mass is 294 g/mol. The summed E-state index contributed by atoms with van der Waals surface area (Å²) in [7, 11) is 0. The molecule has 0 spiro atoms. The van der Waals surface area contributed by atoms with Crippen molar-refractivity contribution in [1.82, 2.24) is 9.80 Å². The normalized spacial score (nSPS) is 33.0. The summed E-state index contributed by atoms with van der Waals surface area (Å²) in [6, 6.07) is -0.516. The van der Waals surface area contributed by atoms with Gasteiger partial charge in [-0.2, -0.15) is 0 Å². The van der Waals surface area contributed by atoms with E-state index in [-0.39, 0.29) is 29.3 Å². The first-order valence-electron chi connectivity index (χ1n) is 8.21. The topological polar surface area (TPSA) is 49.9 Å². The van der Waals surface area contributed by atoms with Crippen LogP contribution in [0.15, 0.2) is 0 Å². The van der Waals surface area contributed by atoms with Gasteiger partial charge in [-0.15, -0.1) is 0 Å². The standard InChI is InChI=1S/C16H26N2O3/c1-12-14(19)17-8-4-3-5-13(17)15(20)18(12)11-16(2)6-9-21-10-7-16/h12-13H,3-11H2,1-2H3. The smallest absolute Gasteiger partial charge is 0.246 e. The fourth-order valence-corrected chi connectivity index (χ4v) is 3.86. The van der Waals surface area contributed by atoms with Crippen LogP contribution in [0.25, 0.3) is 0 Å². The highest BCUT2D eigenvalue weighted by Gasteiger charge is 2.46. The average Bonchev–Trinajstić information content (AvgIpc) is 2.50. The summed E-state index contributed by atoms with van der Waals surface area (Å²) in [6.45, 7) is 7.05. The van der Waals surface area contributed by atoms with Crippen molar-refractivity contribution < 1.29 is 14.3 Å². The fraction of sp³-hybridized carbons (Fsp3) is 0.875. The van der Waals surface area contributed by atoms with Gasteiger partial charge >= 0.3 is 0 Å². The van der Waals surface area contributed by atoms with Crippen LogP contribution in [-0.2, 0) is 14.3 Å². The van der Waals surface area contributed by atoms with Gasteiger partial charge in [-0.25, -0.2) is 0 Å². The highest BCUT2D eigenvalue weighted by molar-refractivity contribution is 5.97. The molecule has 0 bridgehead atoms. The van der Waals surface area contributed by atoms with Gasteiger partial charge in [0.1, 0.15) is 12.1 Å². The summed E-state index contributed by atoms with van der Waals surface area (Å²) >= 11 is 0. The molecule has 3 heterocycles. The van der Waals surface area contributed by atoms with Gasteiger partial charge in [0.05, 0.1) is 0 Å². The lowest BCUT2D eigenvalue weighted by atomic mass is 9.81. The van der Waals surface area contributed by atoms with E-state index in [0.29, 0.717) is 6.54 Å². The average molecular weight is 294 g/mol. The molecule has 0 saturated carbocycles. The van der Waals surface area contributed by atoms with Gasteiger partial charge in [-0.1, -0.05) is 6.92 Å². The summed E-state index contributed by atoms with van der Waals surface area (Å²) in [4.78, 5) is 29.1. The Bertz CT molecular complexity index is 431. The van der Waals surface area contributed by atoms with Crippen LogP contribution in [0, 0.1) is 5.41 Å². The van der Waals surface area contributed by atoms with Gasteiger partial charge in [-0.05, 0) is 44.4 Å². The zero-order valence-corrected chi connectivity index (χ0v) is 13.1. The summed E-state index contributed by atoms with van der Waals surface area (Å²) < 4.78 is 5.44. The van der Waals surface area contributed by atoms with Crippen molar-refractivity contribution in [2.24, 2.45) is 5.41 Å². The number of carbonyl (C=O) groups excluding carboxylic acids is 2. The summed E-state index contributed by atoms with van der Waals surface area (Å²) in [6.07, 6.45) is 4.83. The van der Waals surface area contributed by atoms with Crippen LogP contribution in [-0.4, -0.2) is 60.0 Å². The maximum absolute atomic E-state index is 12.8. The molecule has 3 aliphatic heterocycles. The molecule has 2 amide bonds. The first-order valence-corrected chi connectivity index (χ1v) is 8.21. The Hall–Kier alpha value is -1.10. The summed E-state index contributed by atoms with van der Waals surface area (Å²) in [5.41, 5.74) is 0.0826. The molecule has 2 unspecified atom stereocenters. The minimum Gasteiger partial charge on any atom is -0.381 e. The summed E-state index contributed by atoms with van der Waals surface area (Å²) in [5, 5.41) is 0. The Kier molecular flexibility index (Phi) is 3.95. The molecule has 118 valence electrons. The van der Waals surface area contributed by atoms with Crippen LogP contribution >= 0.6 is 0 Å². The van der Waals surface area contributed by atoms with Gasteiger partial charge in [-0.3, -0.25) is 9.59 Å². The second kappa shape index (κ2) is 5.59. The third-order valence-electron chi connectivity index (χ3n) is 5.43. The highest BCUT2D eigenvalue weighted by atomic mass is 16.5. The molecular weight excluding hydrogens is 268 g/mol. The maximum atomic E-state index is 12.8. The van der Waals surface area contributed by atoms with E-state index in [4.69, 9.17) is 4.74 Å².